The van der Waals surface area contributed by atoms with E-state index >= 15 is 0 Å². The third kappa shape index (κ3) is 10.2. The number of benzene rings is 3. The molecule has 0 radical (unpaired) electrons. The Hall–Kier alpha value is -3.88. The van der Waals surface area contributed by atoms with Crippen LogP contribution in [-0.4, -0.2) is 12.6 Å². The molecule has 0 spiro atoms. The monoisotopic (exact) mass is 558 g/mol. The maximum Gasteiger partial charge on any atom is 0.150 e. The molecule has 0 aliphatic carbocycles. The van der Waals surface area contributed by atoms with E-state index < -0.39 is 0 Å². The molecule has 0 N–H and O–H groups in total. The molecule has 0 heterocycles. The van der Waals surface area contributed by atoms with Crippen LogP contribution >= 0.6 is 0 Å². The van der Waals surface area contributed by atoms with E-state index in [1.54, 1.807) is 0 Å². The van der Waals surface area contributed by atoms with Crippen molar-refractivity contribution in [3.63, 3.8) is 0 Å². The SMILES string of the molecule is CCCCC(CC)Cc1cc(C#Cc2ccc(C=O)cc2)c(CC(CC)CCCC)cc1C#Cc1ccc(C=O)cc1. The van der Waals surface area contributed by atoms with Crippen LogP contribution in [-0.2, 0) is 12.8 Å². The molecule has 3 aromatic rings. The summed E-state index contributed by atoms with van der Waals surface area (Å²) in [4.78, 5) is 22.2. The molecular formula is C40H46O2. The van der Waals surface area contributed by atoms with E-state index in [1.807, 2.05) is 48.5 Å². The van der Waals surface area contributed by atoms with Crippen LogP contribution in [0.15, 0.2) is 60.7 Å². The smallest absolute Gasteiger partial charge is 0.150 e. The zero-order chi connectivity index (χ0) is 30.2. The molecule has 2 nitrogen and oxygen atoms in total. The molecule has 42 heavy (non-hydrogen) atoms. The summed E-state index contributed by atoms with van der Waals surface area (Å²) in [5.74, 6) is 15.0. The fourth-order valence-corrected chi connectivity index (χ4v) is 5.34. The minimum absolute atomic E-state index is 0.605. The fraction of sp³-hybridized carbons (Fsp3) is 0.400. The number of rotatable bonds is 14. The lowest BCUT2D eigenvalue weighted by Crippen LogP contribution is -2.09. The van der Waals surface area contributed by atoms with E-state index in [9.17, 15) is 9.59 Å². The maximum atomic E-state index is 11.1. The van der Waals surface area contributed by atoms with Crippen molar-refractivity contribution in [3.8, 4) is 23.7 Å². The third-order valence-electron chi connectivity index (χ3n) is 8.21. The molecule has 0 aliphatic rings. The van der Waals surface area contributed by atoms with Gasteiger partial charge in [-0.3, -0.25) is 9.59 Å². The Bertz CT molecular complexity index is 1290. The highest BCUT2D eigenvalue weighted by Crippen LogP contribution is 2.27. The molecule has 2 heteroatoms. The summed E-state index contributed by atoms with van der Waals surface area (Å²) in [6, 6.07) is 19.6. The van der Waals surface area contributed by atoms with E-state index in [0.717, 1.165) is 60.5 Å². The van der Waals surface area contributed by atoms with Crippen LogP contribution in [0.5, 0.6) is 0 Å². The summed E-state index contributed by atoms with van der Waals surface area (Å²) in [6.07, 6.45) is 13.3. The van der Waals surface area contributed by atoms with Gasteiger partial charge in [0.2, 0.25) is 0 Å². The molecule has 3 aromatic carbocycles. The standard InChI is InChI=1S/C40H46O2/c1-5-9-11-31(7-3)25-39-27-38(24-22-34-15-19-36(30-42)20-16-34)40(26-32(8-4)12-10-6-2)28-37(39)23-21-33-13-17-35(29-41)18-14-33/h13-20,27-32H,5-12,25-26H2,1-4H3. The van der Waals surface area contributed by atoms with E-state index in [0.29, 0.717) is 23.0 Å². The molecule has 0 aliphatic heterocycles. The van der Waals surface area contributed by atoms with Gasteiger partial charge < -0.3 is 0 Å². The van der Waals surface area contributed by atoms with Crippen molar-refractivity contribution >= 4 is 12.6 Å². The molecule has 2 unspecified atom stereocenters. The summed E-state index contributed by atoms with van der Waals surface area (Å²) < 4.78 is 0. The first-order chi connectivity index (χ1) is 20.5. The van der Waals surface area contributed by atoms with Crippen molar-refractivity contribution in [2.75, 3.05) is 0 Å². The molecule has 0 bridgehead atoms. The van der Waals surface area contributed by atoms with Crippen molar-refractivity contribution in [1.82, 2.24) is 0 Å². The van der Waals surface area contributed by atoms with E-state index in [1.165, 1.54) is 49.7 Å². The average Bonchev–Trinajstić information content (AvgIpc) is 3.04. The lowest BCUT2D eigenvalue weighted by Gasteiger charge is -2.20. The van der Waals surface area contributed by atoms with Crippen LogP contribution in [0.25, 0.3) is 0 Å². The summed E-state index contributed by atoms with van der Waals surface area (Å²) in [7, 11) is 0. The number of carbonyl (C=O) groups excluding carboxylic acids is 2. The quantitative estimate of drug-likeness (QED) is 0.146. The van der Waals surface area contributed by atoms with Crippen molar-refractivity contribution in [2.45, 2.75) is 91.9 Å². The van der Waals surface area contributed by atoms with Crippen molar-refractivity contribution in [3.05, 3.63) is 105 Å². The molecule has 0 fully saturated rings. The van der Waals surface area contributed by atoms with Gasteiger partial charge in [0.15, 0.2) is 0 Å². The first kappa shape index (κ1) is 32.6. The lowest BCUT2D eigenvalue weighted by atomic mass is 9.85. The molecule has 0 saturated heterocycles. The van der Waals surface area contributed by atoms with E-state index in [2.05, 4.69) is 63.5 Å². The Morgan fingerprint density at radius 2 is 0.952 bits per heavy atom. The van der Waals surface area contributed by atoms with Gasteiger partial charge in [-0.25, -0.2) is 0 Å². The van der Waals surface area contributed by atoms with Gasteiger partial charge >= 0.3 is 0 Å². The first-order valence-corrected chi connectivity index (χ1v) is 15.8. The van der Waals surface area contributed by atoms with Crippen molar-refractivity contribution < 1.29 is 9.59 Å². The van der Waals surface area contributed by atoms with Gasteiger partial charge in [-0.15, -0.1) is 0 Å². The van der Waals surface area contributed by atoms with Gasteiger partial charge in [-0.1, -0.05) is 127 Å². The molecule has 0 aromatic heterocycles. The number of aldehydes is 2. The maximum absolute atomic E-state index is 11.1. The molecule has 3 rings (SSSR count). The highest BCUT2D eigenvalue weighted by molar-refractivity contribution is 5.75. The van der Waals surface area contributed by atoms with Crippen molar-refractivity contribution in [1.29, 1.82) is 0 Å². The number of carbonyl (C=O) groups is 2. The lowest BCUT2D eigenvalue weighted by molar-refractivity contribution is 0.111. The molecule has 218 valence electrons. The van der Waals surface area contributed by atoms with Crippen LogP contribution in [0.2, 0.25) is 0 Å². The van der Waals surface area contributed by atoms with Crippen LogP contribution in [0.1, 0.15) is 133 Å². The minimum Gasteiger partial charge on any atom is -0.298 e. The van der Waals surface area contributed by atoms with Crippen LogP contribution in [0.3, 0.4) is 0 Å². The average molecular weight is 559 g/mol. The fourth-order valence-electron chi connectivity index (χ4n) is 5.34. The van der Waals surface area contributed by atoms with Gasteiger partial charge in [0.1, 0.15) is 12.6 Å². The Morgan fingerprint density at radius 3 is 1.26 bits per heavy atom. The first-order valence-electron chi connectivity index (χ1n) is 15.8. The summed E-state index contributed by atoms with van der Waals surface area (Å²) in [5.41, 5.74) is 7.84. The Morgan fingerprint density at radius 1 is 0.571 bits per heavy atom. The summed E-state index contributed by atoms with van der Waals surface area (Å²) in [6.45, 7) is 9.09. The number of hydrogen-bond donors (Lipinski definition) is 0. The highest BCUT2D eigenvalue weighted by Gasteiger charge is 2.16. The largest absolute Gasteiger partial charge is 0.298 e. The third-order valence-corrected chi connectivity index (χ3v) is 8.21. The van der Waals surface area contributed by atoms with Crippen LogP contribution in [0.4, 0.5) is 0 Å². The summed E-state index contributed by atoms with van der Waals surface area (Å²) in [5, 5.41) is 0. The Labute approximate surface area is 254 Å². The second-order valence-corrected chi connectivity index (χ2v) is 11.4. The van der Waals surface area contributed by atoms with E-state index in [-0.39, 0.29) is 0 Å². The second kappa shape index (κ2) is 17.8. The van der Waals surface area contributed by atoms with Gasteiger partial charge in [0, 0.05) is 33.4 Å². The zero-order valence-electron chi connectivity index (χ0n) is 26.0. The number of unbranched alkanes of at least 4 members (excludes halogenated alkanes) is 2. The Balaban J connectivity index is 2.12. The molecule has 0 saturated carbocycles. The van der Waals surface area contributed by atoms with Gasteiger partial charge in [-0.05, 0) is 72.2 Å². The Kier molecular flexibility index (Phi) is 13.9. The normalized spacial score (nSPS) is 11.9. The molecule has 2 atom stereocenters. The molecule has 0 amide bonds. The topological polar surface area (TPSA) is 34.1 Å². The van der Waals surface area contributed by atoms with Crippen LogP contribution in [0, 0.1) is 35.5 Å². The van der Waals surface area contributed by atoms with Crippen molar-refractivity contribution in [2.24, 2.45) is 11.8 Å². The van der Waals surface area contributed by atoms with Gasteiger partial charge in [-0.2, -0.15) is 0 Å². The van der Waals surface area contributed by atoms with Gasteiger partial charge in [0.05, 0.1) is 0 Å². The van der Waals surface area contributed by atoms with Gasteiger partial charge in [0.25, 0.3) is 0 Å². The predicted molar refractivity (Wildman–Crippen MR) is 176 cm³/mol. The highest BCUT2D eigenvalue weighted by atomic mass is 16.1. The minimum atomic E-state index is 0.605. The summed E-state index contributed by atoms with van der Waals surface area (Å²) >= 11 is 0. The predicted octanol–water partition coefficient (Wildman–Crippen LogP) is 9.63. The second-order valence-electron chi connectivity index (χ2n) is 11.4. The number of hydrogen-bond acceptors (Lipinski definition) is 2. The van der Waals surface area contributed by atoms with E-state index in [4.69, 9.17) is 0 Å². The molecular weight excluding hydrogens is 512 g/mol. The zero-order valence-corrected chi connectivity index (χ0v) is 26.0. The van der Waals surface area contributed by atoms with Crippen LogP contribution < -0.4 is 0 Å².